The lowest BCUT2D eigenvalue weighted by atomic mass is 10.1. The number of allylic oxidation sites excluding steroid dienone is 1. The van der Waals surface area contributed by atoms with E-state index in [2.05, 4.69) is 11.1 Å². The van der Waals surface area contributed by atoms with Gasteiger partial charge in [-0.3, -0.25) is 0 Å². The van der Waals surface area contributed by atoms with Gasteiger partial charge in [-0.25, -0.2) is 4.98 Å². The molecule has 0 unspecified atom stereocenters. The molecule has 3 rings (SSSR count). The van der Waals surface area contributed by atoms with Crippen molar-refractivity contribution in [3.8, 4) is 28.8 Å². The fourth-order valence-corrected chi connectivity index (χ4v) is 3.10. The Morgan fingerprint density at radius 3 is 2.16 bits per heavy atom. The number of benzene rings is 2. The maximum absolute atomic E-state index is 9.50. The largest absolute Gasteiger partial charge is 0.497 e. The molecule has 4 nitrogen and oxygen atoms in total. The average Bonchev–Trinajstić information content (AvgIpc) is 3.16. The fraction of sp³-hybridized carbons (Fsp3) is 0.100. The summed E-state index contributed by atoms with van der Waals surface area (Å²) in [7, 11) is 3.26. The van der Waals surface area contributed by atoms with Crippen LogP contribution in [0.4, 0.5) is 0 Å². The molecule has 0 atom stereocenters. The van der Waals surface area contributed by atoms with Gasteiger partial charge >= 0.3 is 0 Å². The van der Waals surface area contributed by atoms with E-state index in [1.807, 2.05) is 60.0 Å². The molecule has 2 aromatic carbocycles. The van der Waals surface area contributed by atoms with Crippen LogP contribution in [0.3, 0.4) is 0 Å². The third-order valence-corrected chi connectivity index (χ3v) is 4.54. The molecule has 0 radical (unpaired) electrons. The molecule has 0 bridgehead atoms. The molecule has 0 saturated heterocycles. The fourth-order valence-electron chi connectivity index (χ4n) is 2.30. The quantitative estimate of drug-likeness (QED) is 0.616. The highest BCUT2D eigenvalue weighted by Gasteiger charge is 2.09. The number of hydrogen-bond donors (Lipinski definition) is 0. The Morgan fingerprint density at radius 2 is 1.60 bits per heavy atom. The SMILES string of the molecule is COc1ccc(C=C(C#N)c2nc(-c3ccc(OC)cc3)cs2)cc1. The summed E-state index contributed by atoms with van der Waals surface area (Å²) >= 11 is 1.46. The maximum atomic E-state index is 9.50. The van der Waals surface area contributed by atoms with E-state index in [4.69, 9.17) is 9.47 Å². The summed E-state index contributed by atoms with van der Waals surface area (Å²) in [5.74, 6) is 1.59. The number of methoxy groups -OCH3 is 2. The van der Waals surface area contributed by atoms with Crippen molar-refractivity contribution in [2.45, 2.75) is 0 Å². The van der Waals surface area contributed by atoms with Crippen LogP contribution < -0.4 is 9.47 Å². The number of thiazole rings is 1. The van der Waals surface area contributed by atoms with Crippen LogP contribution in [0.15, 0.2) is 53.9 Å². The zero-order chi connectivity index (χ0) is 17.6. The van der Waals surface area contributed by atoms with Gasteiger partial charge in [0.15, 0.2) is 0 Å². The molecule has 0 aliphatic rings. The van der Waals surface area contributed by atoms with Crippen LogP contribution in [0.5, 0.6) is 11.5 Å². The second-order valence-electron chi connectivity index (χ2n) is 5.21. The number of aromatic nitrogens is 1. The van der Waals surface area contributed by atoms with E-state index in [1.54, 1.807) is 14.2 Å². The minimum Gasteiger partial charge on any atom is -0.497 e. The van der Waals surface area contributed by atoms with E-state index in [0.29, 0.717) is 10.6 Å². The van der Waals surface area contributed by atoms with E-state index in [1.165, 1.54) is 11.3 Å². The van der Waals surface area contributed by atoms with Crippen LogP contribution in [-0.2, 0) is 0 Å². The van der Waals surface area contributed by atoms with Gasteiger partial charge in [-0.15, -0.1) is 11.3 Å². The number of ether oxygens (including phenoxy) is 2. The third kappa shape index (κ3) is 3.87. The molecule has 0 spiro atoms. The summed E-state index contributed by atoms with van der Waals surface area (Å²) in [6.45, 7) is 0. The highest BCUT2D eigenvalue weighted by molar-refractivity contribution is 7.11. The minimum atomic E-state index is 0.537. The smallest absolute Gasteiger partial charge is 0.134 e. The second-order valence-corrected chi connectivity index (χ2v) is 6.07. The summed E-state index contributed by atoms with van der Waals surface area (Å²) in [4.78, 5) is 4.60. The predicted octanol–water partition coefficient (Wildman–Crippen LogP) is 4.89. The van der Waals surface area contributed by atoms with E-state index < -0.39 is 0 Å². The van der Waals surface area contributed by atoms with Gasteiger partial charge in [0.1, 0.15) is 22.6 Å². The summed E-state index contributed by atoms with van der Waals surface area (Å²) in [6.07, 6.45) is 1.83. The molecule has 1 heterocycles. The Kier molecular flexibility index (Phi) is 5.12. The van der Waals surface area contributed by atoms with Crippen LogP contribution in [0, 0.1) is 11.3 Å². The highest BCUT2D eigenvalue weighted by atomic mass is 32.1. The van der Waals surface area contributed by atoms with Gasteiger partial charge in [0.2, 0.25) is 0 Å². The van der Waals surface area contributed by atoms with E-state index in [9.17, 15) is 5.26 Å². The lowest BCUT2D eigenvalue weighted by molar-refractivity contribution is 0.414. The Bertz CT molecular complexity index is 920. The highest BCUT2D eigenvalue weighted by Crippen LogP contribution is 2.28. The monoisotopic (exact) mass is 348 g/mol. The average molecular weight is 348 g/mol. The molecule has 3 aromatic rings. The van der Waals surface area contributed by atoms with Crippen LogP contribution in [0.25, 0.3) is 22.9 Å². The first-order chi connectivity index (χ1) is 12.2. The second kappa shape index (κ2) is 7.65. The third-order valence-electron chi connectivity index (χ3n) is 3.67. The van der Waals surface area contributed by atoms with E-state index >= 15 is 0 Å². The molecule has 25 heavy (non-hydrogen) atoms. The Morgan fingerprint density at radius 1 is 1.00 bits per heavy atom. The van der Waals surface area contributed by atoms with E-state index in [0.717, 1.165) is 28.3 Å². The Hall–Kier alpha value is -3.10. The summed E-state index contributed by atoms with van der Waals surface area (Å²) in [5, 5.41) is 12.1. The van der Waals surface area contributed by atoms with Gasteiger partial charge in [-0.1, -0.05) is 12.1 Å². The molecule has 1 aromatic heterocycles. The van der Waals surface area contributed by atoms with Gasteiger partial charge in [0.05, 0.1) is 25.5 Å². The molecule has 0 amide bonds. The number of nitriles is 1. The van der Waals surface area contributed by atoms with Crippen molar-refractivity contribution in [3.05, 3.63) is 64.5 Å². The first-order valence-electron chi connectivity index (χ1n) is 7.59. The lowest BCUT2D eigenvalue weighted by Gasteiger charge is -2.01. The van der Waals surface area contributed by atoms with Crippen LogP contribution in [0.2, 0.25) is 0 Å². The first kappa shape index (κ1) is 16.7. The normalized spacial score (nSPS) is 11.0. The van der Waals surface area contributed by atoms with Gasteiger partial charge in [0, 0.05) is 10.9 Å². The summed E-state index contributed by atoms with van der Waals surface area (Å²) in [6, 6.07) is 17.5. The molecule has 0 aliphatic heterocycles. The summed E-state index contributed by atoms with van der Waals surface area (Å²) < 4.78 is 10.3. The minimum absolute atomic E-state index is 0.537. The molecule has 5 heteroatoms. The maximum Gasteiger partial charge on any atom is 0.134 e. The van der Waals surface area contributed by atoms with Crippen molar-refractivity contribution in [2.75, 3.05) is 14.2 Å². The van der Waals surface area contributed by atoms with Crippen molar-refractivity contribution in [1.29, 1.82) is 5.26 Å². The van der Waals surface area contributed by atoms with Gasteiger partial charge in [-0.05, 0) is 48.0 Å². The molecule has 0 N–H and O–H groups in total. The standard InChI is InChI=1S/C20H16N2O2S/c1-23-17-7-3-14(4-8-17)11-16(12-21)20-22-19(13-25-20)15-5-9-18(24-2)10-6-15/h3-11,13H,1-2H3. The van der Waals surface area contributed by atoms with Crippen LogP contribution in [-0.4, -0.2) is 19.2 Å². The Balaban J connectivity index is 1.87. The Labute approximate surface area is 150 Å². The van der Waals surface area contributed by atoms with Crippen LogP contribution >= 0.6 is 11.3 Å². The van der Waals surface area contributed by atoms with Crippen LogP contribution in [0.1, 0.15) is 10.6 Å². The van der Waals surface area contributed by atoms with Crippen molar-refractivity contribution in [3.63, 3.8) is 0 Å². The molecular formula is C20H16N2O2S. The molecule has 124 valence electrons. The zero-order valence-electron chi connectivity index (χ0n) is 13.9. The van der Waals surface area contributed by atoms with E-state index in [-0.39, 0.29) is 0 Å². The first-order valence-corrected chi connectivity index (χ1v) is 8.47. The number of rotatable bonds is 5. The van der Waals surface area contributed by atoms with Crippen molar-refractivity contribution in [1.82, 2.24) is 4.98 Å². The van der Waals surface area contributed by atoms with Gasteiger partial charge in [-0.2, -0.15) is 5.26 Å². The zero-order valence-corrected chi connectivity index (χ0v) is 14.7. The van der Waals surface area contributed by atoms with Crippen molar-refractivity contribution >= 4 is 23.0 Å². The van der Waals surface area contributed by atoms with Crippen molar-refractivity contribution < 1.29 is 9.47 Å². The topological polar surface area (TPSA) is 55.1 Å². The molecule has 0 fully saturated rings. The molecule has 0 aliphatic carbocycles. The molecular weight excluding hydrogens is 332 g/mol. The number of hydrogen-bond acceptors (Lipinski definition) is 5. The van der Waals surface area contributed by atoms with Gasteiger partial charge in [0.25, 0.3) is 0 Å². The lowest BCUT2D eigenvalue weighted by Crippen LogP contribution is -1.85. The molecule has 0 saturated carbocycles. The van der Waals surface area contributed by atoms with Gasteiger partial charge < -0.3 is 9.47 Å². The summed E-state index contributed by atoms with van der Waals surface area (Å²) in [5.41, 5.74) is 3.30. The number of nitrogens with zero attached hydrogens (tertiary/aromatic N) is 2. The predicted molar refractivity (Wildman–Crippen MR) is 101 cm³/mol. The van der Waals surface area contributed by atoms with Crippen molar-refractivity contribution in [2.24, 2.45) is 0 Å².